The molecule has 22 heavy (non-hydrogen) atoms. The van der Waals surface area contributed by atoms with Gasteiger partial charge in [-0.15, -0.1) is 0 Å². The normalized spacial score (nSPS) is 17.0. The molecule has 0 atom stereocenters. The fraction of sp³-hybridized carbons (Fsp3) is 0.941. The van der Waals surface area contributed by atoms with Gasteiger partial charge in [-0.25, -0.2) is 0 Å². The van der Waals surface area contributed by atoms with E-state index < -0.39 is 0 Å². The minimum absolute atomic E-state index is 0.399. The monoisotopic (exact) mass is 313 g/mol. The van der Waals surface area contributed by atoms with Crippen molar-refractivity contribution in [2.24, 2.45) is 4.99 Å². The Morgan fingerprint density at radius 2 is 1.91 bits per heavy atom. The van der Waals surface area contributed by atoms with Gasteiger partial charge in [0.25, 0.3) is 0 Å². The van der Waals surface area contributed by atoms with Crippen LogP contribution in [0.15, 0.2) is 4.99 Å². The summed E-state index contributed by atoms with van der Waals surface area (Å²) in [6, 6.07) is 0. The van der Waals surface area contributed by atoms with Crippen LogP contribution in [0, 0.1) is 0 Å². The second-order valence-electron chi connectivity index (χ2n) is 5.85. The number of unbranched alkanes of at least 4 members (excludes halogenated alkanes) is 2. The van der Waals surface area contributed by atoms with Crippen molar-refractivity contribution in [2.45, 2.75) is 58.5 Å². The molecule has 130 valence electrons. The Balaban J connectivity index is 2.29. The molecule has 5 nitrogen and oxygen atoms in total. The lowest BCUT2D eigenvalue weighted by molar-refractivity contribution is 0.00990. The zero-order valence-corrected chi connectivity index (χ0v) is 14.8. The molecule has 0 aromatic rings. The molecule has 1 aliphatic rings. The van der Waals surface area contributed by atoms with Crippen LogP contribution in [0.4, 0.5) is 0 Å². The summed E-state index contributed by atoms with van der Waals surface area (Å²) in [5.74, 6) is 1.08. The van der Waals surface area contributed by atoms with Crippen molar-refractivity contribution in [3.63, 3.8) is 0 Å². The highest BCUT2D eigenvalue weighted by molar-refractivity contribution is 5.80. The van der Waals surface area contributed by atoms with Gasteiger partial charge >= 0.3 is 0 Å². The van der Waals surface area contributed by atoms with Crippen molar-refractivity contribution in [1.29, 1.82) is 0 Å². The highest BCUT2D eigenvalue weighted by atomic mass is 16.5. The van der Waals surface area contributed by atoms with E-state index in [9.17, 15) is 0 Å². The average molecular weight is 313 g/mol. The Bertz CT molecular complexity index is 290. The molecule has 0 aromatic carbocycles. The van der Waals surface area contributed by atoms with Crippen LogP contribution < -0.4 is 5.32 Å². The number of nitrogens with zero attached hydrogens (tertiary/aromatic N) is 2. The van der Waals surface area contributed by atoms with Crippen LogP contribution in [0.1, 0.15) is 52.4 Å². The molecule has 1 saturated heterocycles. The van der Waals surface area contributed by atoms with Gasteiger partial charge in [-0.2, -0.15) is 0 Å². The number of aliphatic imine (C=N–C) groups is 1. The molecule has 0 bridgehead atoms. The van der Waals surface area contributed by atoms with E-state index in [1.165, 1.54) is 19.3 Å². The van der Waals surface area contributed by atoms with Crippen molar-refractivity contribution in [3.8, 4) is 0 Å². The lowest BCUT2D eigenvalue weighted by Gasteiger charge is -2.34. The van der Waals surface area contributed by atoms with Crippen molar-refractivity contribution >= 4 is 5.96 Å². The first kappa shape index (κ1) is 19.2. The van der Waals surface area contributed by atoms with Crippen LogP contribution in [0.2, 0.25) is 0 Å². The van der Waals surface area contributed by atoms with Crippen LogP contribution in [-0.2, 0) is 9.47 Å². The quantitative estimate of drug-likeness (QED) is 0.383. The van der Waals surface area contributed by atoms with Crippen LogP contribution >= 0.6 is 0 Å². The molecular formula is C17H35N3O2. The van der Waals surface area contributed by atoms with Crippen LogP contribution in [0.5, 0.6) is 0 Å². The SMILES string of the molecule is CCCCCN=C(NCC)N1CCC(OCCCOC)CC1. The fourth-order valence-electron chi connectivity index (χ4n) is 2.66. The van der Waals surface area contributed by atoms with E-state index in [1.807, 2.05) is 0 Å². The number of guanidine groups is 1. The maximum atomic E-state index is 5.92. The Morgan fingerprint density at radius 1 is 1.14 bits per heavy atom. The van der Waals surface area contributed by atoms with E-state index in [4.69, 9.17) is 14.5 Å². The third-order valence-electron chi connectivity index (χ3n) is 3.95. The maximum Gasteiger partial charge on any atom is 0.193 e. The first-order valence-electron chi connectivity index (χ1n) is 8.95. The average Bonchev–Trinajstić information content (AvgIpc) is 2.55. The second-order valence-corrected chi connectivity index (χ2v) is 5.85. The van der Waals surface area contributed by atoms with Crippen molar-refractivity contribution in [2.75, 3.05) is 46.5 Å². The minimum atomic E-state index is 0.399. The van der Waals surface area contributed by atoms with Gasteiger partial charge < -0.3 is 19.7 Å². The predicted molar refractivity (Wildman–Crippen MR) is 92.5 cm³/mol. The minimum Gasteiger partial charge on any atom is -0.385 e. The maximum absolute atomic E-state index is 5.92. The van der Waals surface area contributed by atoms with Crippen molar-refractivity contribution in [3.05, 3.63) is 0 Å². The summed E-state index contributed by atoms with van der Waals surface area (Å²) in [5, 5.41) is 3.42. The molecule has 1 rings (SSSR count). The van der Waals surface area contributed by atoms with Gasteiger partial charge in [-0.1, -0.05) is 19.8 Å². The summed E-state index contributed by atoms with van der Waals surface area (Å²) < 4.78 is 11.0. The number of likely N-dealkylation sites (tertiary alicyclic amines) is 1. The van der Waals surface area contributed by atoms with Crippen LogP contribution in [0.3, 0.4) is 0 Å². The second kappa shape index (κ2) is 12.7. The summed E-state index contributed by atoms with van der Waals surface area (Å²) in [6.07, 6.45) is 7.26. The summed E-state index contributed by atoms with van der Waals surface area (Å²) >= 11 is 0. The standard InChI is InChI=1S/C17H35N3O2/c1-4-6-7-11-19-17(18-5-2)20-12-9-16(10-13-20)22-15-8-14-21-3/h16H,4-15H2,1-3H3,(H,18,19). The number of piperidine rings is 1. The first-order valence-corrected chi connectivity index (χ1v) is 8.95. The largest absolute Gasteiger partial charge is 0.385 e. The molecule has 0 aromatic heterocycles. The van der Waals surface area contributed by atoms with E-state index in [0.29, 0.717) is 6.10 Å². The number of ether oxygens (including phenoxy) is 2. The van der Waals surface area contributed by atoms with Gasteiger partial charge in [0, 0.05) is 46.5 Å². The number of hydrogen-bond acceptors (Lipinski definition) is 3. The zero-order chi connectivity index (χ0) is 16.0. The molecule has 0 unspecified atom stereocenters. The molecule has 0 saturated carbocycles. The Hall–Kier alpha value is -0.810. The molecule has 1 fully saturated rings. The Kier molecular flexibility index (Phi) is 11.1. The lowest BCUT2D eigenvalue weighted by Crippen LogP contribution is -2.47. The molecule has 0 radical (unpaired) electrons. The third-order valence-corrected chi connectivity index (χ3v) is 3.95. The topological polar surface area (TPSA) is 46.1 Å². The van der Waals surface area contributed by atoms with E-state index in [1.54, 1.807) is 7.11 Å². The van der Waals surface area contributed by atoms with Crippen molar-refractivity contribution in [1.82, 2.24) is 10.2 Å². The van der Waals surface area contributed by atoms with Crippen LogP contribution in [-0.4, -0.2) is 63.5 Å². The lowest BCUT2D eigenvalue weighted by atomic mass is 10.1. The molecule has 5 heteroatoms. The van der Waals surface area contributed by atoms with Gasteiger partial charge in [0.1, 0.15) is 0 Å². The first-order chi connectivity index (χ1) is 10.8. The summed E-state index contributed by atoms with van der Waals surface area (Å²) in [5.41, 5.74) is 0. The smallest absolute Gasteiger partial charge is 0.193 e. The fourth-order valence-corrected chi connectivity index (χ4v) is 2.66. The van der Waals surface area contributed by atoms with Gasteiger partial charge in [-0.05, 0) is 32.6 Å². The summed E-state index contributed by atoms with van der Waals surface area (Å²) in [4.78, 5) is 7.14. The molecule has 1 heterocycles. The Labute approximate surface area is 136 Å². The molecule has 1 aliphatic heterocycles. The zero-order valence-electron chi connectivity index (χ0n) is 14.8. The molecule has 1 N–H and O–H groups in total. The highest BCUT2D eigenvalue weighted by Gasteiger charge is 2.21. The highest BCUT2D eigenvalue weighted by Crippen LogP contribution is 2.14. The molecule has 0 spiro atoms. The number of methoxy groups -OCH3 is 1. The van der Waals surface area contributed by atoms with Gasteiger partial charge in [0.05, 0.1) is 6.10 Å². The third kappa shape index (κ3) is 7.99. The van der Waals surface area contributed by atoms with Gasteiger partial charge in [0.2, 0.25) is 0 Å². The van der Waals surface area contributed by atoms with Crippen molar-refractivity contribution < 1.29 is 9.47 Å². The van der Waals surface area contributed by atoms with Gasteiger partial charge in [-0.3, -0.25) is 4.99 Å². The number of hydrogen-bond donors (Lipinski definition) is 1. The Morgan fingerprint density at radius 3 is 2.55 bits per heavy atom. The van der Waals surface area contributed by atoms with E-state index >= 15 is 0 Å². The van der Waals surface area contributed by atoms with E-state index in [-0.39, 0.29) is 0 Å². The van der Waals surface area contributed by atoms with Crippen LogP contribution in [0.25, 0.3) is 0 Å². The molecule has 0 aliphatic carbocycles. The summed E-state index contributed by atoms with van der Waals surface area (Å²) in [6.45, 7) is 9.89. The summed E-state index contributed by atoms with van der Waals surface area (Å²) in [7, 11) is 1.74. The van der Waals surface area contributed by atoms with E-state index in [2.05, 4.69) is 24.1 Å². The molecule has 0 amide bonds. The predicted octanol–water partition coefficient (Wildman–Crippen LogP) is 2.66. The number of rotatable bonds is 10. The number of nitrogens with one attached hydrogen (secondary N) is 1. The van der Waals surface area contributed by atoms with Gasteiger partial charge in [0.15, 0.2) is 5.96 Å². The molecular weight excluding hydrogens is 278 g/mol. The van der Waals surface area contributed by atoms with E-state index in [0.717, 1.165) is 64.6 Å².